The van der Waals surface area contributed by atoms with Crippen LogP contribution in [0.5, 0.6) is 0 Å². The van der Waals surface area contributed by atoms with E-state index in [-0.39, 0.29) is 5.91 Å². The second-order valence-electron chi connectivity index (χ2n) is 6.02. The lowest BCUT2D eigenvalue weighted by molar-refractivity contribution is -0.122. The van der Waals surface area contributed by atoms with E-state index >= 15 is 0 Å². The van der Waals surface area contributed by atoms with Gasteiger partial charge in [-0.05, 0) is 25.7 Å². The molecule has 4 heteroatoms. The molecule has 0 spiro atoms. The summed E-state index contributed by atoms with van der Waals surface area (Å²) < 4.78 is 0. The van der Waals surface area contributed by atoms with Gasteiger partial charge in [-0.1, -0.05) is 43.2 Å². The van der Waals surface area contributed by atoms with Crippen LogP contribution in [0.3, 0.4) is 0 Å². The lowest BCUT2D eigenvalue weighted by atomic mass is 10.0. The van der Waals surface area contributed by atoms with Gasteiger partial charge in [0, 0.05) is 16.9 Å². The Balaban J connectivity index is 1.58. The molecule has 0 radical (unpaired) electrons. The summed E-state index contributed by atoms with van der Waals surface area (Å²) in [5.74, 6) is 0.781. The molecule has 1 aromatic carbocycles. The molecule has 116 valence electrons. The number of carbonyl (C=O) groups excluding carboxylic acids is 1. The van der Waals surface area contributed by atoms with E-state index in [1.54, 1.807) is 11.3 Å². The number of rotatable bonds is 5. The third kappa shape index (κ3) is 3.74. The molecule has 0 unspecified atom stereocenters. The molecule has 22 heavy (non-hydrogen) atoms. The molecule has 0 bridgehead atoms. The zero-order valence-corrected chi connectivity index (χ0v) is 13.8. The van der Waals surface area contributed by atoms with Gasteiger partial charge in [0.05, 0.1) is 12.2 Å². The number of amides is 1. The summed E-state index contributed by atoms with van der Waals surface area (Å²) in [6, 6.07) is 10.2. The predicted octanol–water partition coefficient (Wildman–Crippen LogP) is 4.32. The summed E-state index contributed by atoms with van der Waals surface area (Å²) in [7, 11) is 0. The molecule has 1 aliphatic carbocycles. The van der Waals surface area contributed by atoms with Crippen LogP contribution in [0, 0.1) is 12.8 Å². The molecule has 3 rings (SSSR count). The van der Waals surface area contributed by atoms with Crippen LogP contribution in [0.4, 0.5) is 0 Å². The number of nitrogens with zero attached hydrogens (tertiary/aromatic N) is 1. The van der Waals surface area contributed by atoms with Gasteiger partial charge in [-0.15, -0.1) is 11.3 Å². The Morgan fingerprint density at radius 1 is 1.27 bits per heavy atom. The molecule has 1 aliphatic rings. The van der Waals surface area contributed by atoms with Crippen molar-refractivity contribution in [2.24, 2.45) is 5.92 Å². The van der Waals surface area contributed by atoms with Crippen LogP contribution in [0.1, 0.15) is 42.7 Å². The Morgan fingerprint density at radius 3 is 2.73 bits per heavy atom. The summed E-state index contributed by atoms with van der Waals surface area (Å²) in [6.07, 6.45) is 5.68. The molecule has 1 aromatic heterocycles. The molecule has 0 aliphatic heterocycles. The lowest BCUT2D eigenvalue weighted by Gasteiger charge is -2.08. The predicted molar refractivity (Wildman–Crippen MR) is 90.7 cm³/mol. The largest absolute Gasteiger partial charge is 0.351 e. The van der Waals surface area contributed by atoms with Crippen molar-refractivity contribution in [1.82, 2.24) is 10.3 Å². The first kappa shape index (κ1) is 15.2. The van der Waals surface area contributed by atoms with Gasteiger partial charge in [-0.25, -0.2) is 4.98 Å². The van der Waals surface area contributed by atoms with Gasteiger partial charge in [0.15, 0.2) is 0 Å². The summed E-state index contributed by atoms with van der Waals surface area (Å²) in [5, 5.41) is 4.09. The summed E-state index contributed by atoms with van der Waals surface area (Å²) in [6.45, 7) is 2.61. The highest BCUT2D eigenvalue weighted by atomic mass is 32.1. The molecule has 0 atom stereocenters. The Bertz CT molecular complexity index is 630. The normalized spacial score (nSPS) is 15.1. The number of hydrogen-bond donors (Lipinski definition) is 1. The topological polar surface area (TPSA) is 42.0 Å². The Hall–Kier alpha value is -1.68. The molecule has 0 saturated heterocycles. The van der Waals surface area contributed by atoms with Crippen LogP contribution in [0.15, 0.2) is 30.3 Å². The first-order valence-corrected chi connectivity index (χ1v) is 8.82. The average molecular weight is 314 g/mol. The van der Waals surface area contributed by atoms with Crippen molar-refractivity contribution in [3.63, 3.8) is 0 Å². The van der Waals surface area contributed by atoms with Crippen molar-refractivity contribution in [3.8, 4) is 10.6 Å². The van der Waals surface area contributed by atoms with Crippen molar-refractivity contribution < 1.29 is 4.79 Å². The fraction of sp³-hybridized carbons (Fsp3) is 0.444. The fourth-order valence-corrected chi connectivity index (χ4v) is 4.03. The van der Waals surface area contributed by atoms with Gasteiger partial charge in [0.1, 0.15) is 5.01 Å². The standard InChI is InChI=1S/C18H22N2OS/c1-13-16(12-19-17(21)11-14-7-5-6-8-14)22-18(20-13)15-9-3-2-4-10-15/h2-4,9-10,14H,5-8,11-12H2,1H3,(H,19,21). The SMILES string of the molecule is Cc1nc(-c2ccccc2)sc1CNC(=O)CC1CCCC1. The average Bonchev–Trinajstić information content (AvgIpc) is 3.16. The van der Waals surface area contributed by atoms with Crippen LogP contribution < -0.4 is 5.32 Å². The van der Waals surface area contributed by atoms with E-state index in [0.29, 0.717) is 18.9 Å². The van der Waals surface area contributed by atoms with Gasteiger partial charge in [-0.2, -0.15) is 0 Å². The third-order valence-corrected chi connectivity index (χ3v) is 5.51. The van der Waals surface area contributed by atoms with Crippen molar-refractivity contribution in [2.45, 2.75) is 45.6 Å². The Kier molecular flexibility index (Phi) is 4.88. The van der Waals surface area contributed by atoms with Gasteiger partial charge in [0.2, 0.25) is 5.91 Å². The number of thiazole rings is 1. The fourth-order valence-electron chi connectivity index (χ4n) is 3.02. The minimum absolute atomic E-state index is 0.181. The molecule has 3 nitrogen and oxygen atoms in total. The van der Waals surface area contributed by atoms with E-state index in [1.807, 2.05) is 25.1 Å². The van der Waals surface area contributed by atoms with Gasteiger partial charge in [0.25, 0.3) is 0 Å². The number of aryl methyl sites for hydroxylation is 1. The van der Waals surface area contributed by atoms with Gasteiger partial charge < -0.3 is 5.32 Å². The number of aromatic nitrogens is 1. The third-order valence-electron chi connectivity index (χ3n) is 4.31. The van der Waals surface area contributed by atoms with E-state index in [2.05, 4.69) is 22.4 Å². The maximum atomic E-state index is 12.0. The van der Waals surface area contributed by atoms with Gasteiger partial charge >= 0.3 is 0 Å². The highest BCUT2D eigenvalue weighted by molar-refractivity contribution is 7.15. The van der Waals surface area contributed by atoms with E-state index in [0.717, 1.165) is 21.1 Å². The van der Waals surface area contributed by atoms with Crippen LogP contribution in [-0.4, -0.2) is 10.9 Å². The first-order chi connectivity index (χ1) is 10.7. The Morgan fingerprint density at radius 2 is 2.00 bits per heavy atom. The van der Waals surface area contributed by atoms with Crippen LogP contribution in [0.25, 0.3) is 10.6 Å². The Labute approximate surface area is 135 Å². The molecule has 1 amide bonds. The molecular weight excluding hydrogens is 292 g/mol. The van der Waals surface area contributed by atoms with Gasteiger partial charge in [-0.3, -0.25) is 4.79 Å². The molecule has 1 saturated carbocycles. The summed E-state index contributed by atoms with van der Waals surface area (Å²) in [4.78, 5) is 17.8. The molecule has 2 aromatic rings. The van der Waals surface area contributed by atoms with Crippen LogP contribution >= 0.6 is 11.3 Å². The van der Waals surface area contributed by atoms with E-state index in [9.17, 15) is 4.79 Å². The maximum Gasteiger partial charge on any atom is 0.220 e. The zero-order chi connectivity index (χ0) is 15.4. The smallest absolute Gasteiger partial charge is 0.220 e. The van der Waals surface area contributed by atoms with E-state index in [4.69, 9.17) is 0 Å². The minimum atomic E-state index is 0.181. The van der Waals surface area contributed by atoms with Crippen LogP contribution in [0.2, 0.25) is 0 Å². The number of carbonyl (C=O) groups is 1. The monoisotopic (exact) mass is 314 g/mol. The van der Waals surface area contributed by atoms with Crippen LogP contribution in [-0.2, 0) is 11.3 Å². The molecule has 1 heterocycles. The van der Waals surface area contributed by atoms with E-state index in [1.165, 1.54) is 25.7 Å². The van der Waals surface area contributed by atoms with Crippen molar-refractivity contribution in [3.05, 3.63) is 40.9 Å². The zero-order valence-electron chi connectivity index (χ0n) is 13.0. The summed E-state index contributed by atoms with van der Waals surface area (Å²) in [5.41, 5.74) is 2.16. The van der Waals surface area contributed by atoms with E-state index < -0.39 is 0 Å². The number of nitrogens with one attached hydrogen (secondary N) is 1. The van der Waals surface area contributed by atoms with Crippen molar-refractivity contribution >= 4 is 17.2 Å². The maximum absolute atomic E-state index is 12.0. The highest BCUT2D eigenvalue weighted by Gasteiger charge is 2.18. The molecule has 1 fully saturated rings. The van der Waals surface area contributed by atoms with Crippen molar-refractivity contribution in [1.29, 1.82) is 0 Å². The quantitative estimate of drug-likeness (QED) is 0.893. The first-order valence-electron chi connectivity index (χ1n) is 8.01. The number of benzene rings is 1. The number of hydrogen-bond acceptors (Lipinski definition) is 3. The molecular formula is C18H22N2OS. The summed E-state index contributed by atoms with van der Waals surface area (Å²) >= 11 is 1.67. The highest BCUT2D eigenvalue weighted by Crippen LogP contribution is 2.29. The molecule has 1 N–H and O–H groups in total. The second kappa shape index (κ2) is 7.05. The lowest BCUT2D eigenvalue weighted by Crippen LogP contribution is -2.24. The second-order valence-corrected chi connectivity index (χ2v) is 7.11. The minimum Gasteiger partial charge on any atom is -0.351 e. The van der Waals surface area contributed by atoms with Crippen molar-refractivity contribution in [2.75, 3.05) is 0 Å².